The molecule has 1 nitrogen and oxygen atoms in total. The van der Waals surface area contributed by atoms with Gasteiger partial charge < -0.3 is 4.79 Å². The number of Topliss-reactive ketones (excluding diaryl/α,β-unsaturated/α-hetero) is 1. The highest BCUT2D eigenvalue weighted by molar-refractivity contribution is 9.10. The molecular formula is C13H16BrFO. The zero-order valence-electron chi connectivity index (χ0n) is 9.81. The smallest absolute Gasteiger partial charge is 0.130 e. The van der Waals surface area contributed by atoms with Gasteiger partial charge in [0.1, 0.15) is 11.6 Å². The molecule has 0 bridgehead atoms. The topological polar surface area (TPSA) is 17.1 Å². The van der Waals surface area contributed by atoms with Crippen LogP contribution in [0.15, 0.2) is 22.7 Å². The summed E-state index contributed by atoms with van der Waals surface area (Å²) in [6, 6.07) is 4.64. The molecule has 0 N–H and O–H groups in total. The zero-order chi connectivity index (χ0) is 12.3. The van der Waals surface area contributed by atoms with Gasteiger partial charge in [0.25, 0.3) is 0 Å². The molecular weight excluding hydrogens is 271 g/mol. The van der Waals surface area contributed by atoms with Crippen LogP contribution in [0.3, 0.4) is 0 Å². The van der Waals surface area contributed by atoms with Crippen molar-refractivity contribution in [3.8, 4) is 0 Å². The van der Waals surface area contributed by atoms with E-state index in [1.165, 1.54) is 12.1 Å². The third-order valence-corrected chi connectivity index (χ3v) is 3.18. The number of halogens is 2. The minimum atomic E-state index is -0.239. The van der Waals surface area contributed by atoms with Crippen LogP contribution in [0.1, 0.15) is 32.8 Å². The summed E-state index contributed by atoms with van der Waals surface area (Å²) in [5.41, 5.74) is 0.772. The molecule has 1 aromatic rings. The van der Waals surface area contributed by atoms with Crippen molar-refractivity contribution in [2.75, 3.05) is 0 Å². The summed E-state index contributed by atoms with van der Waals surface area (Å²) in [5, 5.41) is 0. The van der Waals surface area contributed by atoms with Crippen LogP contribution in [0.25, 0.3) is 0 Å². The van der Waals surface area contributed by atoms with Gasteiger partial charge in [0.05, 0.1) is 0 Å². The largest absolute Gasteiger partial charge is 0.300 e. The van der Waals surface area contributed by atoms with E-state index in [4.69, 9.17) is 0 Å². The fraction of sp³-hybridized carbons (Fsp3) is 0.462. The fourth-order valence-corrected chi connectivity index (χ4v) is 2.32. The van der Waals surface area contributed by atoms with Crippen LogP contribution in [0, 0.1) is 11.2 Å². The van der Waals surface area contributed by atoms with Gasteiger partial charge in [0.15, 0.2) is 0 Å². The van der Waals surface area contributed by atoms with E-state index in [-0.39, 0.29) is 17.0 Å². The van der Waals surface area contributed by atoms with Crippen molar-refractivity contribution in [2.45, 2.75) is 33.6 Å². The Morgan fingerprint density at radius 3 is 2.62 bits per heavy atom. The quantitative estimate of drug-likeness (QED) is 0.813. The van der Waals surface area contributed by atoms with E-state index in [2.05, 4.69) is 15.9 Å². The van der Waals surface area contributed by atoms with Gasteiger partial charge in [-0.2, -0.15) is 0 Å². The van der Waals surface area contributed by atoms with Crippen LogP contribution in [-0.4, -0.2) is 5.78 Å². The Hall–Kier alpha value is -0.700. The van der Waals surface area contributed by atoms with Crippen LogP contribution >= 0.6 is 15.9 Å². The highest BCUT2D eigenvalue weighted by atomic mass is 79.9. The number of hydrogen-bond acceptors (Lipinski definition) is 1. The standard InChI is InChI=1S/C13H16BrFO/c1-9(16)7-13(2,3)8-10-6-11(15)4-5-12(10)14/h4-6H,7-8H2,1-3H3. The molecule has 1 rings (SSSR count). The third-order valence-electron chi connectivity index (χ3n) is 2.40. The lowest BCUT2D eigenvalue weighted by atomic mass is 9.81. The molecule has 0 fully saturated rings. The highest BCUT2D eigenvalue weighted by Crippen LogP contribution is 2.30. The Bertz CT molecular complexity index is 399. The molecule has 0 aliphatic heterocycles. The number of carbonyl (C=O) groups is 1. The second-order valence-corrected chi connectivity index (χ2v) is 5.81. The molecule has 0 aromatic heterocycles. The molecule has 0 aliphatic carbocycles. The molecule has 0 heterocycles. The van der Waals surface area contributed by atoms with Crippen LogP contribution in [0.5, 0.6) is 0 Å². The van der Waals surface area contributed by atoms with E-state index >= 15 is 0 Å². The van der Waals surface area contributed by atoms with E-state index in [0.717, 1.165) is 10.0 Å². The Balaban J connectivity index is 2.86. The predicted molar refractivity (Wildman–Crippen MR) is 66.9 cm³/mol. The predicted octanol–water partition coefficient (Wildman–Crippen LogP) is 4.14. The molecule has 16 heavy (non-hydrogen) atoms. The van der Waals surface area contributed by atoms with Crippen molar-refractivity contribution >= 4 is 21.7 Å². The van der Waals surface area contributed by atoms with Gasteiger partial charge in [-0.3, -0.25) is 0 Å². The fourth-order valence-electron chi connectivity index (χ4n) is 1.93. The Kier molecular flexibility index (Phi) is 4.25. The molecule has 0 saturated carbocycles. The van der Waals surface area contributed by atoms with E-state index < -0.39 is 0 Å². The summed E-state index contributed by atoms with van der Waals surface area (Å²) in [6.07, 6.45) is 1.20. The summed E-state index contributed by atoms with van der Waals surface area (Å²) in [6.45, 7) is 5.62. The number of carbonyl (C=O) groups excluding carboxylic acids is 1. The van der Waals surface area contributed by atoms with Gasteiger partial charge in [-0.05, 0) is 42.5 Å². The van der Waals surface area contributed by atoms with Gasteiger partial charge in [-0.25, -0.2) is 4.39 Å². The molecule has 0 unspecified atom stereocenters. The Morgan fingerprint density at radius 1 is 1.44 bits per heavy atom. The molecule has 0 radical (unpaired) electrons. The van der Waals surface area contributed by atoms with Crippen LogP contribution in [0.2, 0.25) is 0 Å². The maximum absolute atomic E-state index is 13.1. The number of ketones is 1. The normalized spacial score (nSPS) is 11.6. The second kappa shape index (κ2) is 5.09. The first-order valence-corrected chi connectivity index (χ1v) is 6.03. The molecule has 0 aliphatic rings. The maximum Gasteiger partial charge on any atom is 0.130 e. The van der Waals surface area contributed by atoms with Crippen molar-refractivity contribution in [1.82, 2.24) is 0 Å². The minimum Gasteiger partial charge on any atom is -0.300 e. The first-order valence-electron chi connectivity index (χ1n) is 5.23. The maximum atomic E-state index is 13.1. The van der Waals surface area contributed by atoms with Crippen LogP contribution < -0.4 is 0 Å². The van der Waals surface area contributed by atoms with Crippen molar-refractivity contribution in [3.63, 3.8) is 0 Å². The van der Waals surface area contributed by atoms with E-state index in [9.17, 15) is 9.18 Å². The Labute approximate surface area is 104 Å². The Morgan fingerprint density at radius 2 is 2.06 bits per heavy atom. The van der Waals surface area contributed by atoms with Crippen molar-refractivity contribution < 1.29 is 9.18 Å². The molecule has 88 valence electrons. The first kappa shape index (κ1) is 13.4. The summed E-state index contributed by atoms with van der Waals surface area (Å²) in [5.74, 6) is -0.0747. The van der Waals surface area contributed by atoms with Gasteiger partial charge in [-0.15, -0.1) is 0 Å². The monoisotopic (exact) mass is 286 g/mol. The highest BCUT2D eigenvalue weighted by Gasteiger charge is 2.21. The average molecular weight is 287 g/mol. The summed E-state index contributed by atoms with van der Waals surface area (Å²) < 4.78 is 14.0. The molecule has 3 heteroatoms. The van der Waals surface area contributed by atoms with Crippen molar-refractivity contribution in [1.29, 1.82) is 0 Å². The summed E-state index contributed by atoms with van der Waals surface area (Å²) in [7, 11) is 0. The van der Waals surface area contributed by atoms with Crippen molar-refractivity contribution in [2.24, 2.45) is 5.41 Å². The molecule has 0 amide bonds. The summed E-state index contributed by atoms with van der Waals surface area (Å²) >= 11 is 3.40. The zero-order valence-corrected chi connectivity index (χ0v) is 11.4. The van der Waals surface area contributed by atoms with Gasteiger partial charge in [-0.1, -0.05) is 29.8 Å². The van der Waals surface area contributed by atoms with Gasteiger partial charge >= 0.3 is 0 Å². The molecule has 0 spiro atoms. The number of benzene rings is 1. The molecule has 0 saturated heterocycles. The lowest BCUT2D eigenvalue weighted by molar-refractivity contribution is -0.118. The lowest BCUT2D eigenvalue weighted by Gasteiger charge is -2.23. The third kappa shape index (κ3) is 4.05. The molecule has 0 atom stereocenters. The van der Waals surface area contributed by atoms with Crippen LogP contribution in [-0.2, 0) is 11.2 Å². The number of hydrogen-bond donors (Lipinski definition) is 0. The second-order valence-electron chi connectivity index (χ2n) is 4.96. The number of rotatable bonds is 4. The van der Waals surface area contributed by atoms with Gasteiger partial charge in [0.2, 0.25) is 0 Å². The van der Waals surface area contributed by atoms with Crippen molar-refractivity contribution in [3.05, 3.63) is 34.1 Å². The van der Waals surface area contributed by atoms with E-state index in [0.29, 0.717) is 12.8 Å². The molecule has 1 aromatic carbocycles. The average Bonchev–Trinajstić information content (AvgIpc) is 2.08. The first-order chi connectivity index (χ1) is 7.30. The minimum absolute atomic E-state index is 0.137. The van der Waals surface area contributed by atoms with Crippen LogP contribution in [0.4, 0.5) is 4.39 Å². The van der Waals surface area contributed by atoms with E-state index in [1.54, 1.807) is 13.0 Å². The lowest BCUT2D eigenvalue weighted by Crippen LogP contribution is -2.18. The SMILES string of the molecule is CC(=O)CC(C)(C)Cc1cc(F)ccc1Br. The van der Waals surface area contributed by atoms with Gasteiger partial charge in [0, 0.05) is 10.9 Å². The summed E-state index contributed by atoms with van der Waals surface area (Å²) in [4.78, 5) is 11.1. The van der Waals surface area contributed by atoms with E-state index in [1.807, 2.05) is 13.8 Å².